The van der Waals surface area contributed by atoms with Crippen molar-refractivity contribution in [2.45, 2.75) is 45.4 Å². The topological polar surface area (TPSA) is 86.2 Å². The van der Waals surface area contributed by atoms with Crippen LogP contribution < -0.4 is 10.6 Å². The molecular weight excluding hydrogens is 503 g/mol. The second kappa shape index (κ2) is 10.7. The van der Waals surface area contributed by atoms with Crippen LogP contribution in [0.5, 0.6) is 0 Å². The van der Waals surface area contributed by atoms with Crippen LogP contribution >= 0.6 is 46.9 Å². The minimum Gasteiger partial charge on any atom is -0.444 e. The Hall–Kier alpha value is -0.780. The van der Waals surface area contributed by atoms with Gasteiger partial charge in [0.2, 0.25) is 0 Å². The molecule has 0 saturated carbocycles. The summed E-state index contributed by atoms with van der Waals surface area (Å²) in [6.07, 6.45) is -0.995. The number of rotatable bonds is 5. The zero-order valence-corrected chi connectivity index (χ0v) is 19.9. The molecule has 0 bridgehead atoms. The fourth-order valence-corrected chi connectivity index (χ4v) is 3.37. The third-order valence-electron chi connectivity index (χ3n) is 3.56. The molecular formula is C17H28ClIN4O3S. The molecule has 3 N–H and O–H groups in total. The molecule has 1 fully saturated rings. The number of carbonyl (C=O) groups is 1. The van der Waals surface area contributed by atoms with E-state index >= 15 is 0 Å². The van der Waals surface area contributed by atoms with E-state index in [0.29, 0.717) is 29.9 Å². The van der Waals surface area contributed by atoms with Crippen molar-refractivity contribution in [3.8, 4) is 0 Å². The first-order valence-electron chi connectivity index (χ1n) is 8.64. The molecule has 2 heterocycles. The Balaban J connectivity index is 0.00000364. The van der Waals surface area contributed by atoms with Gasteiger partial charge >= 0.3 is 6.09 Å². The Morgan fingerprint density at radius 1 is 1.48 bits per heavy atom. The Kier molecular flexibility index (Phi) is 9.59. The number of likely N-dealkylation sites (tertiary alicyclic amines) is 1. The molecule has 0 radical (unpaired) electrons. The van der Waals surface area contributed by atoms with Gasteiger partial charge in [-0.3, -0.25) is 4.99 Å². The fourth-order valence-electron chi connectivity index (χ4n) is 2.33. The molecule has 154 valence electrons. The van der Waals surface area contributed by atoms with E-state index in [1.807, 2.05) is 27.7 Å². The number of nitrogens with one attached hydrogen (secondary N) is 2. The number of hydrogen-bond acceptors (Lipinski definition) is 5. The van der Waals surface area contributed by atoms with E-state index < -0.39 is 11.7 Å². The minimum absolute atomic E-state index is 0. The van der Waals surface area contributed by atoms with Crippen molar-refractivity contribution >= 4 is 59.0 Å². The predicted octanol–water partition coefficient (Wildman–Crippen LogP) is 3.23. The third kappa shape index (κ3) is 8.00. The number of carbonyl (C=O) groups excluding carboxylic acids is 1. The van der Waals surface area contributed by atoms with E-state index in [9.17, 15) is 9.90 Å². The van der Waals surface area contributed by atoms with E-state index in [1.165, 1.54) is 11.3 Å². The van der Waals surface area contributed by atoms with Crippen LogP contribution in [0.2, 0.25) is 4.34 Å². The maximum atomic E-state index is 12.0. The minimum atomic E-state index is -0.692. The van der Waals surface area contributed by atoms with E-state index in [0.717, 1.165) is 4.88 Å². The van der Waals surface area contributed by atoms with Crippen molar-refractivity contribution in [2.75, 3.05) is 26.2 Å². The largest absolute Gasteiger partial charge is 0.444 e. The van der Waals surface area contributed by atoms with E-state index in [4.69, 9.17) is 16.3 Å². The number of hydrogen-bond donors (Lipinski definition) is 3. The Morgan fingerprint density at radius 3 is 2.67 bits per heavy atom. The first-order valence-corrected chi connectivity index (χ1v) is 9.83. The smallest absolute Gasteiger partial charge is 0.410 e. The van der Waals surface area contributed by atoms with Crippen LogP contribution in [0.25, 0.3) is 0 Å². The number of halogens is 2. The number of aliphatic imine (C=N–C) groups is 1. The van der Waals surface area contributed by atoms with Crippen LogP contribution in [0, 0.1) is 0 Å². The molecule has 1 amide bonds. The summed E-state index contributed by atoms with van der Waals surface area (Å²) < 4.78 is 5.99. The molecule has 1 aliphatic heterocycles. The van der Waals surface area contributed by atoms with Crippen LogP contribution in [-0.4, -0.2) is 59.9 Å². The van der Waals surface area contributed by atoms with Crippen LogP contribution in [0.3, 0.4) is 0 Å². The van der Waals surface area contributed by atoms with Crippen molar-refractivity contribution in [3.63, 3.8) is 0 Å². The van der Waals surface area contributed by atoms with Crippen molar-refractivity contribution in [1.82, 2.24) is 15.5 Å². The number of thiophene rings is 1. The van der Waals surface area contributed by atoms with Gasteiger partial charge in [0.05, 0.1) is 16.9 Å². The molecule has 0 spiro atoms. The van der Waals surface area contributed by atoms with Gasteiger partial charge in [-0.2, -0.15) is 0 Å². The molecule has 0 aliphatic carbocycles. The highest BCUT2D eigenvalue weighted by atomic mass is 127. The van der Waals surface area contributed by atoms with Crippen molar-refractivity contribution in [2.24, 2.45) is 4.99 Å². The molecule has 1 unspecified atom stereocenters. The molecule has 10 heteroatoms. The van der Waals surface area contributed by atoms with Gasteiger partial charge in [0.15, 0.2) is 5.96 Å². The maximum Gasteiger partial charge on any atom is 0.410 e. The average Bonchev–Trinajstić information content (AvgIpc) is 2.92. The lowest BCUT2D eigenvalue weighted by atomic mass is 10.1. The predicted molar refractivity (Wildman–Crippen MR) is 120 cm³/mol. The zero-order chi connectivity index (χ0) is 19.3. The van der Waals surface area contributed by atoms with E-state index in [-0.39, 0.29) is 42.7 Å². The van der Waals surface area contributed by atoms with Crippen LogP contribution in [0.4, 0.5) is 4.79 Å². The number of amides is 1. The lowest BCUT2D eigenvalue weighted by Crippen LogP contribution is -2.63. The molecule has 1 aromatic heterocycles. The fraction of sp³-hybridized carbons (Fsp3) is 0.647. The highest BCUT2D eigenvalue weighted by Crippen LogP contribution is 2.26. The number of aliphatic hydroxyl groups excluding tert-OH is 1. The Labute approximate surface area is 186 Å². The van der Waals surface area contributed by atoms with Gasteiger partial charge in [-0.05, 0) is 39.8 Å². The summed E-state index contributed by atoms with van der Waals surface area (Å²) in [5.74, 6) is 0.614. The standard InChI is InChI=1S/C17H27ClN4O3S.HI/c1-5-19-15(20-8-12(23)13-6-7-14(18)26-13)21-11-9-22(10-11)16(24)25-17(2,3)4;/h6-7,11-12,23H,5,8-10H2,1-4H3,(H2,19,20,21);1H. The SMILES string of the molecule is CCNC(=NCC(O)c1ccc(Cl)s1)NC1CN(C(=O)OC(C)(C)C)C1.I. The highest BCUT2D eigenvalue weighted by molar-refractivity contribution is 14.0. The monoisotopic (exact) mass is 530 g/mol. The summed E-state index contributed by atoms with van der Waals surface area (Å²) >= 11 is 7.24. The summed E-state index contributed by atoms with van der Waals surface area (Å²) in [5, 5.41) is 16.6. The van der Waals surface area contributed by atoms with Gasteiger partial charge in [0, 0.05) is 24.5 Å². The van der Waals surface area contributed by atoms with Crippen molar-refractivity contribution in [3.05, 3.63) is 21.3 Å². The summed E-state index contributed by atoms with van der Waals surface area (Å²) in [6.45, 7) is 9.57. The van der Waals surface area contributed by atoms with Gasteiger partial charge < -0.3 is 25.4 Å². The quantitative estimate of drug-likeness (QED) is 0.309. The zero-order valence-electron chi connectivity index (χ0n) is 16.0. The Morgan fingerprint density at radius 2 is 2.15 bits per heavy atom. The summed E-state index contributed by atoms with van der Waals surface area (Å²) in [6, 6.07) is 3.67. The van der Waals surface area contributed by atoms with Gasteiger partial charge in [0.25, 0.3) is 0 Å². The molecule has 1 saturated heterocycles. The summed E-state index contributed by atoms with van der Waals surface area (Å²) in [7, 11) is 0. The first-order chi connectivity index (χ1) is 12.2. The number of ether oxygens (including phenoxy) is 1. The van der Waals surface area contributed by atoms with Crippen molar-refractivity contribution < 1.29 is 14.6 Å². The lowest BCUT2D eigenvalue weighted by Gasteiger charge is -2.40. The first kappa shape index (κ1) is 24.3. The summed E-state index contributed by atoms with van der Waals surface area (Å²) in [4.78, 5) is 18.8. The van der Waals surface area contributed by atoms with Crippen LogP contribution in [0.1, 0.15) is 38.7 Å². The van der Waals surface area contributed by atoms with Gasteiger partial charge in [-0.15, -0.1) is 35.3 Å². The van der Waals surface area contributed by atoms with Gasteiger partial charge in [-0.1, -0.05) is 11.6 Å². The maximum absolute atomic E-state index is 12.0. The molecule has 0 aromatic carbocycles. The van der Waals surface area contributed by atoms with Crippen molar-refractivity contribution in [1.29, 1.82) is 0 Å². The second-order valence-electron chi connectivity index (χ2n) is 7.10. The normalized spacial score (nSPS) is 16.2. The van der Waals surface area contributed by atoms with E-state index in [1.54, 1.807) is 17.0 Å². The number of aliphatic hydroxyl groups is 1. The lowest BCUT2D eigenvalue weighted by molar-refractivity contribution is 0.00700. The molecule has 1 aromatic rings. The molecule has 1 aliphatic rings. The Bertz CT molecular complexity index is 644. The average molecular weight is 531 g/mol. The van der Waals surface area contributed by atoms with Crippen LogP contribution in [-0.2, 0) is 4.74 Å². The summed E-state index contributed by atoms with van der Waals surface area (Å²) in [5.41, 5.74) is -0.493. The molecule has 27 heavy (non-hydrogen) atoms. The molecule has 1 atom stereocenters. The highest BCUT2D eigenvalue weighted by Gasteiger charge is 2.34. The third-order valence-corrected chi connectivity index (χ3v) is 4.90. The van der Waals surface area contributed by atoms with Gasteiger partial charge in [-0.25, -0.2) is 4.79 Å². The second-order valence-corrected chi connectivity index (χ2v) is 8.85. The van der Waals surface area contributed by atoms with Crippen LogP contribution in [0.15, 0.2) is 17.1 Å². The molecule has 2 rings (SSSR count). The molecule has 7 nitrogen and oxygen atoms in total. The number of guanidine groups is 1. The number of nitrogens with zero attached hydrogens (tertiary/aromatic N) is 2. The van der Waals surface area contributed by atoms with Gasteiger partial charge in [0.1, 0.15) is 11.7 Å². The van der Waals surface area contributed by atoms with E-state index in [2.05, 4.69) is 15.6 Å².